The smallest absolute Gasteiger partial charge is 0.105 e. The third-order valence-electron chi connectivity index (χ3n) is 3.21. The van der Waals surface area contributed by atoms with Crippen molar-refractivity contribution in [3.63, 3.8) is 0 Å². The van der Waals surface area contributed by atoms with Crippen LogP contribution in [0, 0.1) is 5.41 Å². The molecule has 0 saturated carbocycles. The summed E-state index contributed by atoms with van der Waals surface area (Å²) < 4.78 is 0. The minimum Gasteiger partial charge on any atom is -0.393 e. The largest absolute Gasteiger partial charge is 0.393 e. The molecule has 74 valence electrons. The normalized spacial score (nSPS) is 39.3. The molecule has 2 bridgehead atoms. The number of nitrogens with zero attached hydrogens (tertiary/aromatic N) is 1. The Morgan fingerprint density at radius 2 is 1.92 bits per heavy atom. The lowest BCUT2D eigenvalue weighted by atomic mass is 10.00. The van der Waals surface area contributed by atoms with Gasteiger partial charge in [-0.1, -0.05) is 0 Å². The Morgan fingerprint density at radius 3 is 2.38 bits per heavy atom. The quantitative estimate of drug-likeness (QED) is 0.414. The van der Waals surface area contributed by atoms with E-state index < -0.39 is 0 Å². The Bertz CT molecular complexity index is 205. The number of nitrogens with two attached hydrogens (primary N) is 1. The highest BCUT2D eigenvalue weighted by atomic mass is 16.3. The van der Waals surface area contributed by atoms with Gasteiger partial charge in [-0.15, -0.1) is 0 Å². The molecule has 4 heteroatoms. The van der Waals surface area contributed by atoms with Gasteiger partial charge in [0.05, 0.1) is 12.6 Å². The van der Waals surface area contributed by atoms with Crippen molar-refractivity contribution in [2.45, 2.75) is 43.9 Å². The van der Waals surface area contributed by atoms with Gasteiger partial charge in [-0.2, -0.15) is 0 Å². The lowest BCUT2D eigenvalue weighted by Gasteiger charge is -2.36. The first kappa shape index (κ1) is 8.97. The highest BCUT2D eigenvalue weighted by Crippen LogP contribution is 2.35. The number of hydrogen-bond acceptors (Lipinski definition) is 3. The number of rotatable bonds is 2. The van der Waals surface area contributed by atoms with Gasteiger partial charge in [-0.05, 0) is 25.7 Å². The first-order valence-corrected chi connectivity index (χ1v) is 4.93. The van der Waals surface area contributed by atoms with Gasteiger partial charge in [0.15, 0.2) is 0 Å². The summed E-state index contributed by atoms with van der Waals surface area (Å²) in [4.78, 5) is 2.29. The number of aliphatic hydroxyl groups is 1. The van der Waals surface area contributed by atoms with Crippen LogP contribution in [0.5, 0.6) is 0 Å². The van der Waals surface area contributed by atoms with Crippen molar-refractivity contribution in [3.05, 3.63) is 0 Å². The van der Waals surface area contributed by atoms with E-state index in [2.05, 4.69) is 4.90 Å². The molecule has 0 amide bonds. The van der Waals surface area contributed by atoms with Gasteiger partial charge < -0.3 is 10.8 Å². The predicted octanol–water partition coefficient (Wildman–Crippen LogP) is -0.0899. The Labute approximate surface area is 78.2 Å². The Balaban J connectivity index is 2.02. The highest BCUT2D eigenvalue weighted by molar-refractivity contribution is 5.79. The zero-order valence-electron chi connectivity index (χ0n) is 7.74. The summed E-state index contributed by atoms with van der Waals surface area (Å²) in [6, 6.07) is 0.940. The maximum atomic E-state index is 9.53. The van der Waals surface area contributed by atoms with Crippen molar-refractivity contribution in [1.82, 2.24) is 4.90 Å². The van der Waals surface area contributed by atoms with E-state index in [1.54, 1.807) is 0 Å². The number of nitrogens with one attached hydrogen (secondary N) is 1. The number of amidine groups is 1. The van der Waals surface area contributed by atoms with Gasteiger partial charge >= 0.3 is 0 Å². The van der Waals surface area contributed by atoms with Crippen molar-refractivity contribution < 1.29 is 5.11 Å². The van der Waals surface area contributed by atoms with Crippen LogP contribution in [0.25, 0.3) is 0 Å². The van der Waals surface area contributed by atoms with E-state index in [0.29, 0.717) is 18.6 Å². The molecular weight excluding hydrogens is 166 g/mol. The number of piperidine rings is 1. The van der Waals surface area contributed by atoms with Crippen molar-refractivity contribution >= 4 is 5.84 Å². The van der Waals surface area contributed by atoms with E-state index in [4.69, 9.17) is 11.1 Å². The fourth-order valence-electron chi connectivity index (χ4n) is 2.70. The van der Waals surface area contributed by atoms with E-state index >= 15 is 0 Å². The summed E-state index contributed by atoms with van der Waals surface area (Å²) in [7, 11) is 0. The third-order valence-corrected chi connectivity index (χ3v) is 3.21. The molecule has 0 aliphatic carbocycles. The summed E-state index contributed by atoms with van der Waals surface area (Å²) in [5.41, 5.74) is 5.39. The van der Waals surface area contributed by atoms with Crippen LogP contribution in [0.2, 0.25) is 0 Å². The number of hydrogen-bond donors (Lipinski definition) is 3. The van der Waals surface area contributed by atoms with Crippen molar-refractivity contribution in [1.29, 1.82) is 5.41 Å². The van der Waals surface area contributed by atoms with E-state index in [-0.39, 0.29) is 11.9 Å². The summed E-state index contributed by atoms with van der Waals surface area (Å²) in [5.74, 6) is 0.244. The van der Waals surface area contributed by atoms with Crippen LogP contribution in [0.3, 0.4) is 0 Å². The molecule has 2 saturated heterocycles. The molecule has 0 radical (unpaired) electrons. The van der Waals surface area contributed by atoms with Gasteiger partial charge in [0.25, 0.3) is 0 Å². The predicted molar refractivity (Wildman–Crippen MR) is 50.7 cm³/mol. The fourth-order valence-corrected chi connectivity index (χ4v) is 2.70. The molecule has 13 heavy (non-hydrogen) atoms. The molecule has 0 aromatic heterocycles. The average Bonchev–Trinajstić information content (AvgIpc) is 2.32. The second kappa shape index (κ2) is 3.27. The van der Waals surface area contributed by atoms with Crippen molar-refractivity contribution in [3.8, 4) is 0 Å². The summed E-state index contributed by atoms with van der Waals surface area (Å²) >= 11 is 0. The second-order valence-corrected chi connectivity index (χ2v) is 4.21. The van der Waals surface area contributed by atoms with Gasteiger partial charge in [0.2, 0.25) is 0 Å². The molecule has 2 unspecified atom stereocenters. The van der Waals surface area contributed by atoms with Crippen LogP contribution >= 0.6 is 0 Å². The molecule has 0 aromatic rings. The topological polar surface area (TPSA) is 73.3 Å². The van der Waals surface area contributed by atoms with Gasteiger partial charge in [0, 0.05) is 12.1 Å². The molecule has 2 atom stereocenters. The van der Waals surface area contributed by atoms with Gasteiger partial charge in [-0.3, -0.25) is 10.3 Å². The monoisotopic (exact) mass is 183 g/mol. The van der Waals surface area contributed by atoms with Gasteiger partial charge in [0.1, 0.15) is 5.84 Å². The molecule has 4 nitrogen and oxygen atoms in total. The van der Waals surface area contributed by atoms with E-state index in [1.165, 1.54) is 0 Å². The highest BCUT2D eigenvalue weighted by Gasteiger charge is 2.39. The Hall–Kier alpha value is -0.610. The van der Waals surface area contributed by atoms with Crippen LogP contribution < -0.4 is 5.73 Å². The molecule has 0 aromatic carbocycles. The van der Waals surface area contributed by atoms with Crippen molar-refractivity contribution in [2.24, 2.45) is 5.73 Å². The Morgan fingerprint density at radius 1 is 1.38 bits per heavy atom. The van der Waals surface area contributed by atoms with Gasteiger partial charge in [-0.25, -0.2) is 0 Å². The van der Waals surface area contributed by atoms with Crippen LogP contribution in [-0.4, -0.2) is 40.6 Å². The van der Waals surface area contributed by atoms with E-state index in [1.807, 2.05) is 0 Å². The second-order valence-electron chi connectivity index (χ2n) is 4.21. The zero-order valence-corrected chi connectivity index (χ0v) is 7.74. The molecule has 4 N–H and O–H groups in total. The SMILES string of the molecule is N=C(N)CN1C2CCC1CC(O)C2. The third kappa shape index (κ3) is 1.69. The lowest BCUT2D eigenvalue weighted by molar-refractivity contribution is 0.0441. The van der Waals surface area contributed by atoms with Crippen LogP contribution in [0.1, 0.15) is 25.7 Å². The minimum atomic E-state index is -0.124. The standard InChI is InChI=1S/C9H17N3O/c10-9(11)5-12-6-1-2-7(12)4-8(13)3-6/h6-8,13H,1-5H2,(H3,10,11). The lowest BCUT2D eigenvalue weighted by Crippen LogP contribution is -2.48. The van der Waals surface area contributed by atoms with Crippen LogP contribution in [0.15, 0.2) is 0 Å². The number of fused-ring (bicyclic) bond motifs is 2. The maximum Gasteiger partial charge on any atom is 0.105 e. The Kier molecular flexibility index (Phi) is 2.26. The number of aliphatic hydroxyl groups excluding tert-OH is 1. The van der Waals surface area contributed by atoms with Crippen LogP contribution in [0.4, 0.5) is 0 Å². The summed E-state index contributed by atoms with van der Waals surface area (Å²) in [6.45, 7) is 0.585. The first-order chi connectivity index (χ1) is 6.16. The molecule has 2 aliphatic heterocycles. The molecular formula is C9H17N3O. The van der Waals surface area contributed by atoms with Crippen molar-refractivity contribution in [2.75, 3.05) is 6.54 Å². The molecule has 2 aliphatic rings. The van der Waals surface area contributed by atoms with Crippen LogP contribution in [-0.2, 0) is 0 Å². The fraction of sp³-hybridized carbons (Fsp3) is 0.889. The zero-order chi connectivity index (χ0) is 9.42. The average molecular weight is 183 g/mol. The molecule has 0 spiro atoms. The minimum absolute atomic E-state index is 0.124. The molecule has 2 fully saturated rings. The van der Waals surface area contributed by atoms with E-state index in [9.17, 15) is 5.11 Å². The first-order valence-electron chi connectivity index (χ1n) is 4.93. The van der Waals surface area contributed by atoms with E-state index in [0.717, 1.165) is 25.7 Å². The molecule has 2 rings (SSSR count). The maximum absolute atomic E-state index is 9.53. The molecule has 2 heterocycles. The summed E-state index contributed by atoms with van der Waals surface area (Å²) in [5, 5.41) is 16.8. The summed E-state index contributed by atoms with van der Waals surface area (Å²) in [6.07, 6.45) is 3.93.